The highest BCUT2D eigenvalue weighted by Crippen LogP contribution is 2.21. The van der Waals surface area contributed by atoms with Crippen molar-refractivity contribution in [1.29, 1.82) is 0 Å². The van der Waals surface area contributed by atoms with Gasteiger partial charge in [0, 0.05) is 17.5 Å². The molecule has 3 nitrogen and oxygen atoms in total. The summed E-state index contributed by atoms with van der Waals surface area (Å²) in [5.41, 5.74) is 5.39. The van der Waals surface area contributed by atoms with Crippen LogP contribution in [0, 0.1) is 11.8 Å². The molecule has 1 aliphatic rings. The molecule has 1 aromatic heterocycles. The van der Waals surface area contributed by atoms with Crippen molar-refractivity contribution in [2.24, 2.45) is 5.73 Å². The quantitative estimate of drug-likeness (QED) is 0.852. The Bertz CT molecular complexity index is 449. The molecule has 2 rings (SSSR count). The largest absolute Gasteiger partial charge is 0.320 e. The summed E-state index contributed by atoms with van der Waals surface area (Å²) >= 11 is 1.78. The van der Waals surface area contributed by atoms with Gasteiger partial charge in [0.05, 0.1) is 11.4 Å². The Morgan fingerprint density at radius 3 is 2.84 bits per heavy atom. The summed E-state index contributed by atoms with van der Waals surface area (Å²) in [6.07, 6.45) is 2.55. The van der Waals surface area contributed by atoms with Gasteiger partial charge in [0.25, 0.3) is 0 Å². The van der Waals surface area contributed by atoms with Gasteiger partial charge >= 0.3 is 0 Å². The summed E-state index contributed by atoms with van der Waals surface area (Å²) in [5.74, 6) is 6.01. The number of piperidine rings is 1. The lowest BCUT2D eigenvalue weighted by molar-refractivity contribution is 0.140. The van der Waals surface area contributed by atoms with E-state index < -0.39 is 0 Å². The standard InChI is InChI=1S/C15H23N3S/c1-17-10-7-13(8-11-17)18(2)12-15-6-5-14(19-15)4-3-9-16/h5-6,13H,7-12,16H2,1-2H3. The van der Waals surface area contributed by atoms with Crippen molar-refractivity contribution in [2.75, 3.05) is 33.7 Å². The van der Waals surface area contributed by atoms with Crippen molar-refractivity contribution in [3.63, 3.8) is 0 Å². The molecule has 2 heterocycles. The summed E-state index contributed by atoms with van der Waals surface area (Å²) in [6.45, 7) is 3.89. The van der Waals surface area contributed by atoms with Crippen LogP contribution in [0.25, 0.3) is 0 Å². The van der Waals surface area contributed by atoms with Crippen LogP contribution in [-0.2, 0) is 6.54 Å². The van der Waals surface area contributed by atoms with E-state index in [4.69, 9.17) is 5.73 Å². The van der Waals surface area contributed by atoms with Crippen LogP contribution in [0.3, 0.4) is 0 Å². The molecule has 0 bridgehead atoms. The van der Waals surface area contributed by atoms with Crippen LogP contribution < -0.4 is 5.73 Å². The third kappa shape index (κ3) is 4.32. The zero-order chi connectivity index (χ0) is 13.7. The van der Waals surface area contributed by atoms with E-state index in [0.29, 0.717) is 6.54 Å². The Kier molecular flexibility index (Phi) is 5.41. The third-order valence-corrected chi connectivity index (χ3v) is 4.68. The average Bonchev–Trinajstić information content (AvgIpc) is 2.84. The molecule has 1 saturated heterocycles. The van der Waals surface area contributed by atoms with Crippen molar-refractivity contribution < 1.29 is 0 Å². The Labute approximate surface area is 120 Å². The summed E-state index contributed by atoms with van der Waals surface area (Å²) in [4.78, 5) is 7.41. The van der Waals surface area contributed by atoms with Crippen molar-refractivity contribution in [2.45, 2.75) is 25.4 Å². The molecule has 1 aliphatic heterocycles. The van der Waals surface area contributed by atoms with Crippen LogP contribution in [0.2, 0.25) is 0 Å². The highest BCUT2D eigenvalue weighted by Gasteiger charge is 2.20. The van der Waals surface area contributed by atoms with Crippen LogP contribution in [0.4, 0.5) is 0 Å². The molecule has 0 spiro atoms. The minimum Gasteiger partial charge on any atom is -0.320 e. The van der Waals surface area contributed by atoms with Crippen LogP contribution in [-0.4, -0.2) is 49.6 Å². The lowest BCUT2D eigenvalue weighted by atomic mass is 10.0. The summed E-state index contributed by atoms with van der Waals surface area (Å²) in [5, 5.41) is 0. The van der Waals surface area contributed by atoms with Gasteiger partial charge in [-0.15, -0.1) is 11.3 Å². The lowest BCUT2D eigenvalue weighted by Gasteiger charge is -2.34. The van der Waals surface area contributed by atoms with Gasteiger partial charge in [-0.1, -0.05) is 11.8 Å². The highest BCUT2D eigenvalue weighted by atomic mass is 32.1. The molecule has 104 valence electrons. The van der Waals surface area contributed by atoms with Gasteiger partial charge in [-0.05, 0) is 52.2 Å². The molecule has 0 amide bonds. The van der Waals surface area contributed by atoms with Crippen molar-refractivity contribution >= 4 is 11.3 Å². The molecule has 0 saturated carbocycles. The zero-order valence-electron chi connectivity index (χ0n) is 11.9. The van der Waals surface area contributed by atoms with Crippen molar-refractivity contribution in [3.05, 3.63) is 21.9 Å². The lowest BCUT2D eigenvalue weighted by Crippen LogP contribution is -2.41. The van der Waals surface area contributed by atoms with Crippen molar-refractivity contribution in [3.8, 4) is 11.8 Å². The molecule has 1 aromatic rings. The number of thiophene rings is 1. The van der Waals surface area contributed by atoms with E-state index >= 15 is 0 Å². The second-order valence-electron chi connectivity index (χ2n) is 5.22. The minimum absolute atomic E-state index is 0.433. The molecule has 19 heavy (non-hydrogen) atoms. The van der Waals surface area contributed by atoms with E-state index in [1.54, 1.807) is 11.3 Å². The molecular weight excluding hydrogens is 254 g/mol. The Morgan fingerprint density at radius 2 is 2.16 bits per heavy atom. The number of hydrogen-bond acceptors (Lipinski definition) is 4. The van der Waals surface area contributed by atoms with Gasteiger partial charge in [0.1, 0.15) is 0 Å². The average molecular weight is 277 g/mol. The van der Waals surface area contributed by atoms with Gasteiger partial charge < -0.3 is 10.6 Å². The fourth-order valence-electron chi connectivity index (χ4n) is 2.48. The molecule has 0 atom stereocenters. The van der Waals surface area contributed by atoms with Crippen molar-refractivity contribution in [1.82, 2.24) is 9.80 Å². The van der Waals surface area contributed by atoms with Gasteiger partial charge in [-0.25, -0.2) is 0 Å². The maximum absolute atomic E-state index is 5.39. The van der Waals surface area contributed by atoms with Gasteiger partial charge in [-0.2, -0.15) is 0 Å². The van der Waals surface area contributed by atoms with Gasteiger partial charge in [0.2, 0.25) is 0 Å². The highest BCUT2D eigenvalue weighted by molar-refractivity contribution is 7.12. The first kappa shape index (κ1) is 14.5. The predicted octanol–water partition coefficient (Wildman–Crippen LogP) is 1.58. The van der Waals surface area contributed by atoms with Crippen LogP contribution in [0.5, 0.6) is 0 Å². The van der Waals surface area contributed by atoms with E-state index in [9.17, 15) is 0 Å². The van der Waals surface area contributed by atoms with E-state index in [2.05, 4.69) is 47.9 Å². The minimum atomic E-state index is 0.433. The zero-order valence-corrected chi connectivity index (χ0v) is 12.7. The molecule has 1 fully saturated rings. The number of hydrogen-bond donors (Lipinski definition) is 1. The maximum atomic E-state index is 5.39. The van der Waals surface area contributed by atoms with E-state index in [0.717, 1.165) is 17.5 Å². The molecule has 0 unspecified atom stereocenters. The monoisotopic (exact) mass is 277 g/mol. The number of nitrogens with zero attached hydrogens (tertiary/aromatic N) is 2. The Hall–Kier alpha value is -0.860. The van der Waals surface area contributed by atoms with E-state index in [1.807, 2.05) is 0 Å². The fourth-order valence-corrected chi connectivity index (χ4v) is 3.42. The maximum Gasteiger partial charge on any atom is 0.0772 e. The summed E-state index contributed by atoms with van der Waals surface area (Å²) in [7, 11) is 4.44. The smallest absolute Gasteiger partial charge is 0.0772 e. The molecule has 0 aliphatic carbocycles. The first-order chi connectivity index (χ1) is 9.19. The second-order valence-corrected chi connectivity index (χ2v) is 6.39. The second kappa shape index (κ2) is 7.06. The van der Waals surface area contributed by atoms with Gasteiger partial charge in [0.15, 0.2) is 0 Å². The van der Waals surface area contributed by atoms with Crippen LogP contribution in [0.15, 0.2) is 12.1 Å². The molecule has 0 radical (unpaired) electrons. The SMILES string of the molecule is CN1CCC(N(C)Cc2ccc(C#CCN)s2)CC1. The van der Waals surface area contributed by atoms with Gasteiger partial charge in [-0.3, -0.25) is 4.90 Å². The predicted molar refractivity (Wildman–Crippen MR) is 82.2 cm³/mol. The van der Waals surface area contributed by atoms with E-state index in [-0.39, 0.29) is 0 Å². The topological polar surface area (TPSA) is 32.5 Å². The third-order valence-electron chi connectivity index (χ3n) is 3.69. The Balaban J connectivity index is 1.88. The molecule has 4 heteroatoms. The number of nitrogens with two attached hydrogens (primary N) is 1. The van der Waals surface area contributed by atoms with E-state index in [1.165, 1.54) is 30.8 Å². The normalized spacial score (nSPS) is 17.5. The van der Waals surface area contributed by atoms with Crippen LogP contribution >= 0.6 is 11.3 Å². The summed E-state index contributed by atoms with van der Waals surface area (Å²) < 4.78 is 0. The van der Waals surface area contributed by atoms with Crippen LogP contribution in [0.1, 0.15) is 22.6 Å². The fraction of sp³-hybridized carbons (Fsp3) is 0.600. The number of rotatable bonds is 3. The first-order valence-corrected chi connectivity index (χ1v) is 7.67. The molecular formula is C15H23N3S. The first-order valence-electron chi connectivity index (χ1n) is 6.85. The molecule has 2 N–H and O–H groups in total. The Morgan fingerprint density at radius 1 is 1.42 bits per heavy atom. The molecule has 0 aromatic carbocycles. The number of likely N-dealkylation sites (tertiary alicyclic amines) is 1. The summed E-state index contributed by atoms with van der Waals surface area (Å²) in [6, 6.07) is 5.01.